The van der Waals surface area contributed by atoms with Crippen molar-refractivity contribution in [1.29, 1.82) is 0 Å². The van der Waals surface area contributed by atoms with Crippen LogP contribution in [-0.2, 0) is 25.5 Å². The van der Waals surface area contributed by atoms with Crippen molar-refractivity contribution >= 4 is 46.0 Å². The zero-order chi connectivity index (χ0) is 21.1. The van der Waals surface area contributed by atoms with Crippen LogP contribution in [0.4, 0.5) is 5.69 Å². The summed E-state index contributed by atoms with van der Waals surface area (Å²) in [5.41, 5.74) is 1.42. The van der Waals surface area contributed by atoms with E-state index in [1.165, 1.54) is 4.90 Å². The van der Waals surface area contributed by atoms with Gasteiger partial charge >= 0.3 is 0 Å². The van der Waals surface area contributed by atoms with Crippen LogP contribution in [0.5, 0.6) is 0 Å². The molecule has 2 aliphatic heterocycles. The van der Waals surface area contributed by atoms with Crippen molar-refractivity contribution in [2.45, 2.75) is 37.8 Å². The Bertz CT molecular complexity index is 926. The Kier molecular flexibility index (Phi) is 6.48. The van der Waals surface area contributed by atoms with E-state index in [0.717, 1.165) is 22.0 Å². The lowest BCUT2D eigenvalue weighted by Gasteiger charge is -2.30. The number of anilines is 1. The number of halogens is 1. The number of hydrogen-bond acceptors (Lipinski definition) is 4. The van der Waals surface area contributed by atoms with Crippen LogP contribution >= 0.6 is 22.6 Å². The molecule has 0 saturated carbocycles. The number of amides is 3. The first-order chi connectivity index (χ1) is 14.5. The SMILES string of the molecule is O=C1CC(N(CC2CCCO2)C(=O)Cc2ccccc2)C(=O)N1c1ccc(I)cc1. The minimum Gasteiger partial charge on any atom is -0.376 e. The number of ether oxygens (including phenoxy) is 1. The molecule has 0 aromatic heterocycles. The van der Waals surface area contributed by atoms with Crippen molar-refractivity contribution in [1.82, 2.24) is 4.90 Å². The number of carbonyl (C=O) groups excluding carboxylic acids is 3. The molecule has 2 unspecified atom stereocenters. The third kappa shape index (κ3) is 4.57. The number of hydrogen-bond donors (Lipinski definition) is 0. The Morgan fingerprint density at radius 2 is 1.83 bits per heavy atom. The van der Waals surface area contributed by atoms with Gasteiger partial charge in [-0.1, -0.05) is 30.3 Å². The molecule has 0 aliphatic carbocycles. The van der Waals surface area contributed by atoms with Gasteiger partial charge in [-0.25, -0.2) is 4.90 Å². The first-order valence-electron chi connectivity index (χ1n) is 10.1. The molecule has 2 aliphatic rings. The molecular formula is C23H23IN2O4. The van der Waals surface area contributed by atoms with Crippen LogP contribution in [0.15, 0.2) is 54.6 Å². The van der Waals surface area contributed by atoms with Crippen molar-refractivity contribution in [3.8, 4) is 0 Å². The minimum absolute atomic E-state index is 0.00192. The maximum absolute atomic E-state index is 13.2. The van der Waals surface area contributed by atoms with Gasteiger partial charge < -0.3 is 9.64 Å². The van der Waals surface area contributed by atoms with Gasteiger partial charge in [0.1, 0.15) is 6.04 Å². The second-order valence-electron chi connectivity index (χ2n) is 7.61. The summed E-state index contributed by atoms with van der Waals surface area (Å²) < 4.78 is 6.74. The van der Waals surface area contributed by atoms with E-state index in [0.29, 0.717) is 18.8 Å². The molecule has 3 amide bonds. The molecule has 2 saturated heterocycles. The normalized spacial score (nSPS) is 21.3. The van der Waals surface area contributed by atoms with Crippen LogP contribution in [0.25, 0.3) is 0 Å². The molecule has 2 aromatic rings. The summed E-state index contributed by atoms with van der Waals surface area (Å²) in [6.07, 6.45) is 1.88. The molecule has 2 fully saturated rings. The molecule has 0 radical (unpaired) electrons. The van der Waals surface area contributed by atoms with Crippen molar-refractivity contribution in [3.63, 3.8) is 0 Å². The van der Waals surface area contributed by atoms with Crippen molar-refractivity contribution in [2.24, 2.45) is 0 Å². The third-order valence-corrected chi connectivity index (χ3v) is 6.25. The van der Waals surface area contributed by atoms with Crippen molar-refractivity contribution < 1.29 is 19.1 Å². The lowest BCUT2D eigenvalue weighted by Crippen LogP contribution is -2.49. The van der Waals surface area contributed by atoms with E-state index >= 15 is 0 Å². The maximum Gasteiger partial charge on any atom is 0.257 e. The number of benzene rings is 2. The molecule has 30 heavy (non-hydrogen) atoms. The van der Waals surface area contributed by atoms with E-state index in [2.05, 4.69) is 22.6 Å². The fourth-order valence-corrected chi connectivity index (χ4v) is 4.36. The predicted molar refractivity (Wildman–Crippen MR) is 121 cm³/mol. The van der Waals surface area contributed by atoms with Gasteiger partial charge in [-0.15, -0.1) is 0 Å². The average Bonchev–Trinajstić information content (AvgIpc) is 3.35. The van der Waals surface area contributed by atoms with E-state index < -0.39 is 6.04 Å². The topological polar surface area (TPSA) is 66.9 Å². The smallest absolute Gasteiger partial charge is 0.257 e. The quantitative estimate of drug-likeness (QED) is 0.436. The summed E-state index contributed by atoms with van der Waals surface area (Å²) in [6.45, 7) is 0.994. The van der Waals surface area contributed by atoms with Crippen molar-refractivity contribution in [3.05, 3.63) is 63.7 Å². The first kappa shape index (κ1) is 21.0. The molecule has 0 N–H and O–H groups in total. The summed E-state index contributed by atoms with van der Waals surface area (Å²) in [7, 11) is 0. The molecule has 0 spiro atoms. The van der Waals surface area contributed by atoms with Crippen LogP contribution in [0, 0.1) is 3.57 Å². The lowest BCUT2D eigenvalue weighted by atomic mass is 10.1. The van der Waals surface area contributed by atoms with Gasteiger partial charge in [0, 0.05) is 16.7 Å². The first-order valence-corrected chi connectivity index (χ1v) is 11.2. The van der Waals surface area contributed by atoms with Gasteiger partial charge in [0.05, 0.1) is 24.6 Å². The van der Waals surface area contributed by atoms with Crippen LogP contribution in [0.1, 0.15) is 24.8 Å². The second-order valence-corrected chi connectivity index (χ2v) is 8.85. The predicted octanol–water partition coefficient (Wildman–Crippen LogP) is 3.17. The van der Waals surface area contributed by atoms with E-state index in [1.54, 1.807) is 17.0 Å². The summed E-state index contributed by atoms with van der Waals surface area (Å²) in [6, 6.07) is 15.9. The molecule has 2 heterocycles. The fraction of sp³-hybridized carbons (Fsp3) is 0.348. The van der Waals surface area contributed by atoms with Gasteiger partial charge in [-0.05, 0) is 65.3 Å². The summed E-state index contributed by atoms with van der Waals surface area (Å²) >= 11 is 2.18. The second kappa shape index (κ2) is 9.26. The van der Waals surface area contributed by atoms with Gasteiger partial charge in [0.15, 0.2) is 0 Å². The number of carbonyl (C=O) groups is 3. The molecule has 0 bridgehead atoms. The van der Waals surface area contributed by atoms with E-state index in [-0.39, 0.29) is 36.7 Å². The Labute approximate surface area is 189 Å². The van der Waals surface area contributed by atoms with Crippen LogP contribution in [0.3, 0.4) is 0 Å². The minimum atomic E-state index is -0.794. The molecular weight excluding hydrogens is 495 g/mol. The average molecular weight is 518 g/mol. The highest BCUT2D eigenvalue weighted by Gasteiger charge is 2.45. The third-order valence-electron chi connectivity index (χ3n) is 5.53. The van der Waals surface area contributed by atoms with E-state index in [4.69, 9.17) is 4.74 Å². The summed E-state index contributed by atoms with van der Waals surface area (Å²) in [5.74, 6) is -0.788. The fourth-order valence-electron chi connectivity index (χ4n) is 4.00. The van der Waals surface area contributed by atoms with Crippen molar-refractivity contribution in [2.75, 3.05) is 18.1 Å². The Morgan fingerprint density at radius 3 is 2.50 bits per heavy atom. The Hall–Kier alpha value is -2.26. The number of nitrogens with zero attached hydrogens (tertiary/aromatic N) is 2. The molecule has 2 atom stereocenters. The largest absolute Gasteiger partial charge is 0.376 e. The van der Waals surface area contributed by atoms with E-state index in [1.807, 2.05) is 42.5 Å². The van der Waals surface area contributed by atoms with Gasteiger partial charge in [0.2, 0.25) is 11.8 Å². The molecule has 2 aromatic carbocycles. The van der Waals surface area contributed by atoms with Gasteiger partial charge in [-0.3, -0.25) is 14.4 Å². The number of rotatable bonds is 6. The van der Waals surface area contributed by atoms with E-state index in [9.17, 15) is 14.4 Å². The molecule has 4 rings (SSSR count). The molecule has 7 heteroatoms. The zero-order valence-corrected chi connectivity index (χ0v) is 18.7. The Morgan fingerprint density at radius 1 is 1.10 bits per heavy atom. The van der Waals surface area contributed by atoms with Crippen LogP contribution < -0.4 is 4.90 Å². The highest BCUT2D eigenvalue weighted by molar-refractivity contribution is 14.1. The number of imide groups is 1. The lowest BCUT2D eigenvalue weighted by molar-refractivity contribution is -0.139. The van der Waals surface area contributed by atoms with Crippen LogP contribution in [-0.4, -0.2) is 47.9 Å². The monoisotopic (exact) mass is 518 g/mol. The zero-order valence-electron chi connectivity index (χ0n) is 16.5. The highest BCUT2D eigenvalue weighted by atomic mass is 127. The molecule has 156 valence electrons. The van der Waals surface area contributed by atoms with Gasteiger partial charge in [-0.2, -0.15) is 0 Å². The maximum atomic E-state index is 13.2. The standard InChI is InChI=1S/C23H23IN2O4/c24-17-8-10-18(11-9-17)26-22(28)14-20(23(26)29)25(15-19-7-4-12-30-19)21(27)13-16-5-2-1-3-6-16/h1-3,5-6,8-11,19-20H,4,7,12-15H2. The molecule has 6 nitrogen and oxygen atoms in total. The van der Waals surface area contributed by atoms with Gasteiger partial charge in [0.25, 0.3) is 5.91 Å². The Balaban J connectivity index is 1.57. The summed E-state index contributed by atoms with van der Waals surface area (Å²) in [4.78, 5) is 42.0. The van der Waals surface area contributed by atoms with Crippen LogP contribution in [0.2, 0.25) is 0 Å². The summed E-state index contributed by atoms with van der Waals surface area (Å²) in [5, 5.41) is 0. The highest BCUT2D eigenvalue weighted by Crippen LogP contribution is 2.28.